The average Bonchev–Trinajstić information content (AvgIpc) is 3.13. The van der Waals surface area contributed by atoms with Gasteiger partial charge >= 0.3 is 0 Å². The van der Waals surface area contributed by atoms with Crippen LogP contribution in [0.1, 0.15) is 27.7 Å². The molecule has 146 valence electrons. The number of hydrogen-bond acceptors (Lipinski definition) is 7. The molecule has 1 amide bonds. The number of benzene rings is 1. The second-order valence-corrected chi connectivity index (χ2v) is 8.21. The number of ether oxygens (including phenoxy) is 2. The normalized spacial score (nSPS) is 16.2. The molecule has 1 aromatic carbocycles. The molecular weight excluding hydrogens is 366 g/mol. The fourth-order valence-electron chi connectivity index (χ4n) is 2.71. The molecule has 27 heavy (non-hydrogen) atoms. The van der Waals surface area contributed by atoms with E-state index in [1.165, 1.54) is 11.8 Å². The molecule has 9 heteroatoms. The Labute approximate surface area is 163 Å². The molecule has 1 aliphatic heterocycles. The fourth-order valence-corrected chi connectivity index (χ4v) is 3.68. The molecule has 0 fully saturated rings. The molecule has 0 saturated carbocycles. The van der Waals surface area contributed by atoms with Crippen molar-refractivity contribution < 1.29 is 14.3 Å². The minimum atomic E-state index is -0.236. The van der Waals surface area contributed by atoms with Crippen LogP contribution in [0.5, 0.6) is 11.5 Å². The van der Waals surface area contributed by atoms with Crippen LogP contribution in [0.3, 0.4) is 0 Å². The summed E-state index contributed by atoms with van der Waals surface area (Å²) in [7, 11) is 0. The molecule has 0 N–H and O–H groups in total. The predicted molar refractivity (Wildman–Crippen MR) is 102 cm³/mol. The molecule has 0 aliphatic carbocycles. The van der Waals surface area contributed by atoms with Crippen molar-refractivity contribution in [2.75, 3.05) is 25.4 Å². The Balaban J connectivity index is 1.57. The molecule has 1 atom stereocenters. The Bertz CT molecular complexity index is 789. The van der Waals surface area contributed by atoms with Crippen molar-refractivity contribution in [3.05, 3.63) is 24.3 Å². The van der Waals surface area contributed by atoms with Crippen LogP contribution in [-0.4, -0.2) is 62.6 Å². The Hall–Kier alpha value is -2.29. The molecule has 3 rings (SSSR count). The average molecular weight is 391 g/mol. The van der Waals surface area contributed by atoms with E-state index in [9.17, 15) is 4.79 Å². The van der Waals surface area contributed by atoms with Crippen LogP contribution in [0.15, 0.2) is 29.4 Å². The van der Waals surface area contributed by atoms with Crippen LogP contribution >= 0.6 is 11.8 Å². The maximum absolute atomic E-state index is 12.7. The number of para-hydroxylation sites is 2. The van der Waals surface area contributed by atoms with Gasteiger partial charge in [0.05, 0.1) is 17.8 Å². The third-order valence-corrected chi connectivity index (χ3v) is 5.03. The lowest BCUT2D eigenvalue weighted by molar-refractivity contribution is -0.129. The summed E-state index contributed by atoms with van der Waals surface area (Å²) in [5.74, 6) is 1.76. The molecule has 1 aliphatic rings. The Morgan fingerprint density at radius 1 is 1.33 bits per heavy atom. The van der Waals surface area contributed by atoms with Crippen LogP contribution in [0.25, 0.3) is 0 Å². The number of likely N-dealkylation sites (N-methyl/N-ethyl adjacent to an activating group) is 1. The summed E-state index contributed by atoms with van der Waals surface area (Å²) in [6.45, 7) is 9.53. The Morgan fingerprint density at radius 3 is 2.78 bits per heavy atom. The number of tetrazole rings is 1. The van der Waals surface area contributed by atoms with Gasteiger partial charge in [-0.05, 0) is 50.3 Å². The summed E-state index contributed by atoms with van der Waals surface area (Å²) in [5, 5.41) is 12.4. The lowest BCUT2D eigenvalue weighted by Gasteiger charge is -2.30. The highest BCUT2D eigenvalue weighted by molar-refractivity contribution is 7.99. The highest BCUT2D eigenvalue weighted by Gasteiger charge is 2.26. The molecule has 1 aromatic heterocycles. The molecule has 8 nitrogen and oxygen atoms in total. The fraction of sp³-hybridized carbons (Fsp3) is 0.556. The van der Waals surface area contributed by atoms with Crippen molar-refractivity contribution in [2.45, 2.75) is 44.5 Å². The predicted octanol–water partition coefficient (Wildman–Crippen LogP) is 2.21. The highest BCUT2D eigenvalue weighted by Crippen LogP contribution is 2.31. The first-order chi connectivity index (χ1) is 12.9. The van der Waals surface area contributed by atoms with Gasteiger partial charge in [0.15, 0.2) is 17.6 Å². The Kier molecular flexibility index (Phi) is 5.88. The minimum absolute atomic E-state index is 0.0217. The van der Waals surface area contributed by atoms with Crippen LogP contribution < -0.4 is 9.47 Å². The molecule has 0 radical (unpaired) electrons. The number of hydrogen-bond donors (Lipinski definition) is 0. The van der Waals surface area contributed by atoms with E-state index in [0.717, 1.165) is 11.5 Å². The van der Waals surface area contributed by atoms with Crippen LogP contribution in [0.4, 0.5) is 0 Å². The van der Waals surface area contributed by atoms with Crippen molar-refractivity contribution in [2.24, 2.45) is 0 Å². The van der Waals surface area contributed by atoms with E-state index in [1.54, 1.807) is 9.58 Å². The van der Waals surface area contributed by atoms with Crippen LogP contribution in [0, 0.1) is 0 Å². The number of rotatable bonds is 6. The number of thioether (sulfide) groups is 1. The van der Waals surface area contributed by atoms with E-state index < -0.39 is 0 Å². The van der Waals surface area contributed by atoms with Gasteiger partial charge in [0.2, 0.25) is 11.1 Å². The van der Waals surface area contributed by atoms with Crippen molar-refractivity contribution >= 4 is 17.7 Å². The number of nitrogens with zero attached hydrogens (tertiary/aromatic N) is 5. The van der Waals surface area contributed by atoms with E-state index in [1.807, 2.05) is 52.0 Å². The topological polar surface area (TPSA) is 82.4 Å². The highest BCUT2D eigenvalue weighted by atomic mass is 32.2. The Morgan fingerprint density at radius 2 is 2.07 bits per heavy atom. The summed E-state index contributed by atoms with van der Waals surface area (Å²) in [6.07, 6.45) is -0.186. The van der Waals surface area contributed by atoms with E-state index in [0.29, 0.717) is 24.9 Å². The van der Waals surface area contributed by atoms with Gasteiger partial charge in [0.25, 0.3) is 0 Å². The lowest BCUT2D eigenvalue weighted by Crippen LogP contribution is -2.44. The number of carbonyl (C=O) groups excluding carboxylic acids is 1. The monoisotopic (exact) mass is 391 g/mol. The zero-order valence-corrected chi connectivity index (χ0v) is 16.9. The van der Waals surface area contributed by atoms with E-state index in [2.05, 4.69) is 15.5 Å². The lowest BCUT2D eigenvalue weighted by atomic mass is 10.1. The van der Waals surface area contributed by atoms with Crippen LogP contribution in [0.2, 0.25) is 0 Å². The third-order valence-electron chi connectivity index (χ3n) is 4.13. The largest absolute Gasteiger partial charge is 0.486 e. The van der Waals surface area contributed by atoms with Gasteiger partial charge < -0.3 is 14.4 Å². The molecule has 1 unspecified atom stereocenters. The van der Waals surface area contributed by atoms with Gasteiger partial charge in [-0.15, -0.1) is 5.10 Å². The van der Waals surface area contributed by atoms with E-state index in [4.69, 9.17) is 9.47 Å². The zero-order valence-electron chi connectivity index (χ0n) is 16.1. The van der Waals surface area contributed by atoms with Crippen molar-refractivity contribution in [3.8, 4) is 11.5 Å². The maximum atomic E-state index is 12.7. The summed E-state index contributed by atoms with van der Waals surface area (Å²) in [4.78, 5) is 14.5. The van der Waals surface area contributed by atoms with Gasteiger partial charge in [-0.3, -0.25) is 4.79 Å². The van der Waals surface area contributed by atoms with Gasteiger partial charge in [-0.25, -0.2) is 4.68 Å². The van der Waals surface area contributed by atoms with Gasteiger partial charge in [-0.1, -0.05) is 23.9 Å². The van der Waals surface area contributed by atoms with Gasteiger partial charge in [-0.2, -0.15) is 0 Å². The first-order valence-electron chi connectivity index (χ1n) is 8.96. The molecule has 0 bridgehead atoms. The van der Waals surface area contributed by atoms with Crippen molar-refractivity contribution in [3.63, 3.8) is 0 Å². The summed E-state index contributed by atoms with van der Waals surface area (Å²) >= 11 is 1.35. The van der Waals surface area contributed by atoms with Gasteiger partial charge in [0, 0.05) is 6.54 Å². The smallest absolute Gasteiger partial charge is 0.233 e. The molecule has 2 aromatic rings. The van der Waals surface area contributed by atoms with E-state index >= 15 is 0 Å². The molecule has 0 saturated heterocycles. The number of fused-ring (bicyclic) bond motifs is 1. The maximum Gasteiger partial charge on any atom is 0.233 e. The third kappa shape index (κ3) is 4.71. The standard InChI is InChI=1S/C18H25N5O3S/c1-5-22(10-13-11-25-14-8-6-7-9-15(14)26-13)16(24)12-27-17-19-20-21-23(17)18(2,3)4/h6-9,13H,5,10-12H2,1-4H3. The number of aromatic nitrogens is 4. The van der Waals surface area contributed by atoms with Crippen molar-refractivity contribution in [1.29, 1.82) is 0 Å². The van der Waals surface area contributed by atoms with E-state index in [-0.39, 0.29) is 23.3 Å². The molecular formula is C18H25N5O3S. The number of amides is 1. The first kappa shape index (κ1) is 19.5. The zero-order chi connectivity index (χ0) is 19.4. The van der Waals surface area contributed by atoms with Crippen LogP contribution in [-0.2, 0) is 10.3 Å². The quantitative estimate of drug-likeness (QED) is 0.698. The second kappa shape index (κ2) is 8.16. The summed E-state index contributed by atoms with van der Waals surface area (Å²) in [6, 6.07) is 7.57. The first-order valence-corrected chi connectivity index (χ1v) is 9.95. The summed E-state index contributed by atoms with van der Waals surface area (Å²) < 4.78 is 13.4. The van der Waals surface area contributed by atoms with Crippen molar-refractivity contribution in [1.82, 2.24) is 25.1 Å². The summed E-state index contributed by atoms with van der Waals surface area (Å²) in [5.41, 5.74) is -0.236. The number of carbonyl (C=O) groups is 1. The van der Waals surface area contributed by atoms with Gasteiger partial charge in [0.1, 0.15) is 6.61 Å². The minimum Gasteiger partial charge on any atom is -0.486 e. The SMILES string of the molecule is CCN(CC1COc2ccccc2O1)C(=O)CSc1nnnn1C(C)(C)C. The molecule has 0 spiro atoms. The second-order valence-electron chi connectivity index (χ2n) is 7.26. The molecule has 2 heterocycles.